The van der Waals surface area contributed by atoms with Crippen LogP contribution in [0.1, 0.15) is 22.8 Å². The van der Waals surface area contributed by atoms with Gasteiger partial charge in [-0.3, -0.25) is 0 Å². The highest BCUT2D eigenvalue weighted by molar-refractivity contribution is 14.0. The molecule has 0 spiro atoms. The highest BCUT2D eigenvalue weighted by Gasteiger charge is 2.07. The van der Waals surface area contributed by atoms with Crippen molar-refractivity contribution in [1.29, 1.82) is 0 Å². The number of halogens is 1. The number of ether oxygens (including phenoxy) is 1. The van der Waals surface area contributed by atoms with Gasteiger partial charge in [0.2, 0.25) is 0 Å². The Kier molecular flexibility index (Phi) is 8.90. The molecule has 0 saturated carbocycles. The zero-order valence-corrected chi connectivity index (χ0v) is 19.8. The van der Waals surface area contributed by atoms with Crippen molar-refractivity contribution in [1.82, 2.24) is 30.4 Å². The summed E-state index contributed by atoms with van der Waals surface area (Å²) in [6.45, 7) is 6.60. The van der Waals surface area contributed by atoms with Crippen molar-refractivity contribution >= 4 is 40.8 Å². The van der Waals surface area contributed by atoms with E-state index in [1.807, 2.05) is 18.5 Å². The van der Waals surface area contributed by atoms with Crippen LogP contribution in [0.4, 0.5) is 0 Å². The van der Waals surface area contributed by atoms with E-state index in [0.717, 1.165) is 30.6 Å². The van der Waals surface area contributed by atoms with E-state index in [1.165, 1.54) is 22.0 Å². The molecule has 0 saturated heterocycles. The average Bonchev–Trinajstić information content (AvgIpc) is 3.25. The molecular weight excluding hydrogens is 481 g/mol. The summed E-state index contributed by atoms with van der Waals surface area (Å²) >= 11 is 0. The second-order valence-corrected chi connectivity index (χ2v) is 6.80. The van der Waals surface area contributed by atoms with Crippen LogP contribution in [0.5, 0.6) is 0 Å². The number of aryl methyl sites for hydroxylation is 2. The average molecular weight is 511 g/mol. The molecule has 0 fully saturated rings. The number of fused-ring (bicyclic) bond motifs is 1. The number of aliphatic imine (C=N–C) groups is 1. The third-order valence-electron chi connectivity index (χ3n) is 4.86. The van der Waals surface area contributed by atoms with Crippen molar-refractivity contribution in [2.24, 2.45) is 12.0 Å². The normalized spacial score (nSPS) is 11.5. The molecule has 0 aliphatic rings. The van der Waals surface area contributed by atoms with E-state index in [0.29, 0.717) is 19.7 Å². The van der Waals surface area contributed by atoms with Crippen LogP contribution >= 0.6 is 24.0 Å². The van der Waals surface area contributed by atoms with Crippen LogP contribution in [0.3, 0.4) is 0 Å². The van der Waals surface area contributed by atoms with E-state index in [9.17, 15) is 0 Å². The number of hydrogen-bond donors (Lipinski definition) is 3. The molecule has 0 atom stereocenters. The van der Waals surface area contributed by atoms with Crippen LogP contribution in [-0.2, 0) is 24.8 Å². The Morgan fingerprint density at radius 1 is 1.21 bits per heavy atom. The van der Waals surface area contributed by atoms with Crippen molar-refractivity contribution < 1.29 is 4.74 Å². The number of aromatic nitrogens is 4. The number of nitrogens with one attached hydrogen (secondary N) is 3. The van der Waals surface area contributed by atoms with Crippen LogP contribution in [0.15, 0.2) is 29.4 Å². The standard InChI is InChI=1S/C20H29N7O.HI/c1-14-6-5-7-17-16(12-23-19(14)17)8-9-21-20(22-10-11-28-4)24-13-18-26-25-15(2)27(18)3;/h5-7,12,23H,8-11,13H2,1-4H3,(H2,21,22,24);1H. The molecule has 1 aromatic carbocycles. The van der Waals surface area contributed by atoms with Gasteiger partial charge < -0.3 is 24.9 Å². The van der Waals surface area contributed by atoms with Crippen LogP contribution < -0.4 is 10.6 Å². The summed E-state index contributed by atoms with van der Waals surface area (Å²) in [5, 5.41) is 16.2. The molecule has 0 bridgehead atoms. The Morgan fingerprint density at radius 2 is 2.00 bits per heavy atom. The second kappa shape index (κ2) is 11.1. The second-order valence-electron chi connectivity index (χ2n) is 6.80. The smallest absolute Gasteiger partial charge is 0.191 e. The van der Waals surface area contributed by atoms with Gasteiger partial charge in [0.1, 0.15) is 12.4 Å². The fraction of sp³-hybridized carbons (Fsp3) is 0.450. The van der Waals surface area contributed by atoms with E-state index in [2.05, 4.69) is 62.1 Å². The third kappa shape index (κ3) is 5.92. The molecule has 0 amide bonds. The van der Waals surface area contributed by atoms with E-state index in [1.54, 1.807) is 7.11 Å². The van der Waals surface area contributed by atoms with Gasteiger partial charge in [0.25, 0.3) is 0 Å². The number of guanidine groups is 1. The van der Waals surface area contributed by atoms with Crippen molar-refractivity contribution in [3.8, 4) is 0 Å². The first-order valence-electron chi connectivity index (χ1n) is 9.51. The monoisotopic (exact) mass is 511 g/mol. The third-order valence-corrected chi connectivity index (χ3v) is 4.86. The van der Waals surface area contributed by atoms with Crippen LogP contribution in [0.2, 0.25) is 0 Å². The van der Waals surface area contributed by atoms with Gasteiger partial charge in [-0.2, -0.15) is 0 Å². The predicted molar refractivity (Wildman–Crippen MR) is 127 cm³/mol. The highest BCUT2D eigenvalue weighted by atomic mass is 127. The van der Waals surface area contributed by atoms with Gasteiger partial charge in [-0.15, -0.1) is 34.2 Å². The molecule has 29 heavy (non-hydrogen) atoms. The first-order chi connectivity index (χ1) is 13.6. The quantitative estimate of drug-likeness (QED) is 0.187. The van der Waals surface area contributed by atoms with Crippen LogP contribution in [-0.4, -0.2) is 52.5 Å². The van der Waals surface area contributed by atoms with Crippen molar-refractivity contribution in [2.75, 3.05) is 26.8 Å². The lowest BCUT2D eigenvalue weighted by Crippen LogP contribution is -2.40. The maximum absolute atomic E-state index is 5.12. The van der Waals surface area contributed by atoms with E-state index >= 15 is 0 Å². The SMILES string of the molecule is COCCNC(=NCc1nnc(C)n1C)NCCc1c[nH]c2c(C)cccc12.I. The van der Waals surface area contributed by atoms with Gasteiger partial charge in [0.05, 0.1) is 6.61 Å². The van der Waals surface area contributed by atoms with E-state index in [-0.39, 0.29) is 24.0 Å². The fourth-order valence-electron chi connectivity index (χ4n) is 3.07. The number of hydrogen-bond acceptors (Lipinski definition) is 4. The number of benzene rings is 1. The summed E-state index contributed by atoms with van der Waals surface area (Å²) in [6.07, 6.45) is 2.99. The Bertz CT molecular complexity index is 948. The number of aromatic amines is 1. The summed E-state index contributed by atoms with van der Waals surface area (Å²) in [7, 11) is 3.64. The molecule has 0 unspecified atom stereocenters. The molecule has 0 radical (unpaired) electrons. The lowest BCUT2D eigenvalue weighted by Gasteiger charge is -2.12. The predicted octanol–water partition coefficient (Wildman–Crippen LogP) is 2.46. The van der Waals surface area contributed by atoms with Gasteiger partial charge in [-0.05, 0) is 31.4 Å². The van der Waals surface area contributed by atoms with Gasteiger partial charge in [0, 0.05) is 44.3 Å². The molecule has 2 aromatic heterocycles. The zero-order chi connectivity index (χ0) is 19.9. The van der Waals surface area contributed by atoms with Gasteiger partial charge in [-0.25, -0.2) is 4.99 Å². The Hall–Kier alpha value is -2.14. The first kappa shape index (κ1) is 23.1. The summed E-state index contributed by atoms with van der Waals surface area (Å²) in [6, 6.07) is 6.39. The molecule has 2 heterocycles. The van der Waals surface area contributed by atoms with Crippen molar-refractivity contribution in [2.45, 2.75) is 26.8 Å². The summed E-state index contributed by atoms with van der Waals surface area (Å²) in [5.74, 6) is 2.45. The van der Waals surface area contributed by atoms with Gasteiger partial charge >= 0.3 is 0 Å². The minimum absolute atomic E-state index is 0. The fourth-order valence-corrected chi connectivity index (χ4v) is 3.07. The van der Waals surface area contributed by atoms with Gasteiger partial charge in [-0.1, -0.05) is 18.2 Å². The number of rotatable bonds is 8. The number of para-hydroxylation sites is 1. The van der Waals surface area contributed by atoms with Gasteiger partial charge in [0.15, 0.2) is 11.8 Å². The molecule has 3 aromatic rings. The van der Waals surface area contributed by atoms with Crippen LogP contribution in [0, 0.1) is 13.8 Å². The molecule has 158 valence electrons. The zero-order valence-electron chi connectivity index (χ0n) is 17.5. The summed E-state index contributed by atoms with van der Waals surface area (Å²) in [4.78, 5) is 8.03. The first-order valence-corrected chi connectivity index (χ1v) is 9.51. The van der Waals surface area contributed by atoms with Crippen molar-refractivity contribution in [3.63, 3.8) is 0 Å². The maximum atomic E-state index is 5.12. The number of methoxy groups -OCH3 is 1. The highest BCUT2D eigenvalue weighted by Crippen LogP contribution is 2.21. The minimum atomic E-state index is 0. The topological polar surface area (TPSA) is 92.2 Å². The Morgan fingerprint density at radius 3 is 2.72 bits per heavy atom. The molecule has 0 aliphatic heterocycles. The summed E-state index contributed by atoms with van der Waals surface area (Å²) in [5.41, 5.74) is 3.77. The molecule has 0 aliphatic carbocycles. The van der Waals surface area contributed by atoms with Crippen molar-refractivity contribution in [3.05, 3.63) is 47.2 Å². The maximum Gasteiger partial charge on any atom is 0.191 e. The van der Waals surface area contributed by atoms with E-state index < -0.39 is 0 Å². The van der Waals surface area contributed by atoms with Crippen LogP contribution in [0.25, 0.3) is 10.9 Å². The lowest BCUT2D eigenvalue weighted by atomic mass is 10.1. The lowest BCUT2D eigenvalue weighted by molar-refractivity contribution is 0.203. The molecular formula is C20H30IN7O. The molecule has 8 nitrogen and oxygen atoms in total. The number of nitrogens with zero attached hydrogens (tertiary/aromatic N) is 4. The summed E-state index contributed by atoms with van der Waals surface area (Å²) < 4.78 is 7.07. The molecule has 9 heteroatoms. The van der Waals surface area contributed by atoms with E-state index in [4.69, 9.17) is 4.74 Å². The molecule has 3 rings (SSSR count). The number of H-pyrrole nitrogens is 1. The largest absolute Gasteiger partial charge is 0.383 e. The Labute approximate surface area is 188 Å². The Balaban J connectivity index is 0.00000300. The minimum Gasteiger partial charge on any atom is -0.383 e. The molecule has 3 N–H and O–H groups in total.